The zero-order valence-electron chi connectivity index (χ0n) is 13.3. The molecule has 0 N–H and O–H groups in total. The van der Waals surface area contributed by atoms with Crippen molar-refractivity contribution in [1.82, 2.24) is 0 Å². The maximum absolute atomic E-state index is 11.4. The Balaban J connectivity index is -0.000000218. The van der Waals surface area contributed by atoms with E-state index in [1.807, 2.05) is 13.8 Å². The van der Waals surface area contributed by atoms with Gasteiger partial charge in [-0.2, -0.15) is 16.8 Å². The second-order valence-electron chi connectivity index (χ2n) is 3.43. The lowest BCUT2D eigenvalue weighted by molar-refractivity contribution is 0.162. The van der Waals surface area contributed by atoms with Crippen molar-refractivity contribution in [2.24, 2.45) is 0 Å². The summed E-state index contributed by atoms with van der Waals surface area (Å²) in [6.07, 6.45) is 1.25. The van der Waals surface area contributed by atoms with Crippen molar-refractivity contribution < 1.29 is 34.4 Å². The van der Waals surface area contributed by atoms with E-state index in [1.165, 1.54) is 6.42 Å². The lowest BCUT2D eigenvalue weighted by Gasteiger charge is -1.91. The summed E-state index contributed by atoms with van der Waals surface area (Å²) in [6, 6.07) is 0. The standard InChI is InChI=1S/C4H10O.C3H7FO3S.C3H8.CH2O3S/c1-3-5-4-2;1-2-7-3-8(4,5)6;1-3-2;2-5(3)1-4-5/h3-4H2,1-2H3;2-3H2,1H3;3H2,1-2H3;1H2. The van der Waals surface area contributed by atoms with Gasteiger partial charge in [0.2, 0.25) is 0 Å². The van der Waals surface area contributed by atoms with Gasteiger partial charge in [0.05, 0.1) is 0 Å². The Bertz CT molecular complexity index is 381. The molecule has 1 aliphatic rings. The minimum Gasteiger partial charge on any atom is -0.382 e. The van der Waals surface area contributed by atoms with Crippen molar-refractivity contribution in [3.8, 4) is 0 Å². The molecule has 0 radical (unpaired) electrons. The summed E-state index contributed by atoms with van der Waals surface area (Å²) < 4.78 is 62.6. The maximum atomic E-state index is 11.4. The molecule has 21 heavy (non-hydrogen) atoms. The van der Waals surface area contributed by atoms with Crippen LogP contribution in [-0.2, 0) is 34.0 Å². The van der Waals surface area contributed by atoms with Crippen LogP contribution in [0.5, 0.6) is 0 Å². The SMILES string of the molecule is CCC.CCOCC.CCOCS(=O)(=O)F.O=S1(=O)CO1. The molecule has 0 saturated carbocycles. The number of hydrogen-bond donors (Lipinski definition) is 0. The summed E-state index contributed by atoms with van der Waals surface area (Å²) >= 11 is 0. The monoisotopic (exact) mass is 354 g/mol. The molecular formula is C11H27FO7S2. The highest BCUT2D eigenvalue weighted by atomic mass is 32.3. The number of rotatable bonds is 5. The fourth-order valence-corrected chi connectivity index (χ4v) is 1.11. The molecular weight excluding hydrogens is 327 g/mol. The van der Waals surface area contributed by atoms with Crippen LogP contribution in [0, 0.1) is 0 Å². The molecule has 0 unspecified atom stereocenters. The predicted molar refractivity (Wildman–Crippen MR) is 79.5 cm³/mol. The van der Waals surface area contributed by atoms with Crippen LogP contribution in [0.25, 0.3) is 0 Å². The minimum absolute atomic E-state index is 0.0764. The lowest BCUT2D eigenvalue weighted by atomic mass is 10.6. The Hall–Kier alpha value is -0.290. The molecule has 0 aromatic carbocycles. The molecule has 0 amide bonds. The fraction of sp³-hybridized carbons (Fsp3) is 1.00. The van der Waals surface area contributed by atoms with Crippen LogP contribution in [0.3, 0.4) is 0 Å². The first-order valence-electron chi connectivity index (χ1n) is 6.54. The third kappa shape index (κ3) is 45.1. The maximum Gasteiger partial charge on any atom is 0.326 e. The first kappa shape index (κ1) is 25.7. The van der Waals surface area contributed by atoms with Crippen molar-refractivity contribution in [3.63, 3.8) is 0 Å². The zero-order valence-corrected chi connectivity index (χ0v) is 14.9. The summed E-state index contributed by atoms with van der Waals surface area (Å²) in [4.78, 5) is 0. The third-order valence-corrected chi connectivity index (χ3v) is 2.22. The predicted octanol–water partition coefficient (Wildman–Crippen LogP) is 2.04. The van der Waals surface area contributed by atoms with Gasteiger partial charge in [-0.15, -0.1) is 3.89 Å². The van der Waals surface area contributed by atoms with Gasteiger partial charge in [0.15, 0.2) is 11.9 Å². The summed E-state index contributed by atoms with van der Waals surface area (Å²) in [6.45, 7) is 11.7. The molecule has 0 aromatic rings. The van der Waals surface area contributed by atoms with Gasteiger partial charge in [-0.05, 0) is 20.8 Å². The molecule has 10 heteroatoms. The fourth-order valence-electron chi connectivity index (χ4n) is 0.426. The van der Waals surface area contributed by atoms with E-state index in [1.54, 1.807) is 6.92 Å². The molecule has 0 aliphatic carbocycles. The van der Waals surface area contributed by atoms with Crippen LogP contribution in [0.1, 0.15) is 41.0 Å². The normalized spacial score (nSPS) is 14.4. The average molecular weight is 354 g/mol. The van der Waals surface area contributed by atoms with Crippen LogP contribution >= 0.6 is 0 Å². The van der Waals surface area contributed by atoms with E-state index >= 15 is 0 Å². The number of hydrogen-bond acceptors (Lipinski definition) is 7. The molecule has 0 bridgehead atoms. The van der Waals surface area contributed by atoms with E-state index in [0.29, 0.717) is 0 Å². The largest absolute Gasteiger partial charge is 0.382 e. The van der Waals surface area contributed by atoms with E-state index in [2.05, 4.69) is 22.8 Å². The highest BCUT2D eigenvalue weighted by molar-refractivity contribution is 7.91. The molecule has 132 valence electrons. The van der Waals surface area contributed by atoms with Gasteiger partial charge < -0.3 is 9.47 Å². The van der Waals surface area contributed by atoms with E-state index in [9.17, 15) is 20.7 Å². The van der Waals surface area contributed by atoms with E-state index in [0.717, 1.165) is 13.2 Å². The highest BCUT2D eigenvalue weighted by Crippen LogP contribution is 2.07. The van der Waals surface area contributed by atoms with Gasteiger partial charge in [-0.25, -0.2) is 4.18 Å². The first-order chi connectivity index (χ1) is 9.60. The Morgan fingerprint density at radius 3 is 1.33 bits per heavy atom. The topological polar surface area (TPSA) is 99.3 Å². The van der Waals surface area contributed by atoms with Gasteiger partial charge >= 0.3 is 10.2 Å². The van der Waals surface area contributed by atoms with Crippen LogP contribution in [0.2, 0.25) is 0 Å². The molecule has 0 aromatic heterocycles. The van der Waals surface area contributed by atoms with Crippen molar-refractivity contribution in [1.29, 1.82) is 0 Å². The molecule has 0 spiro atoms. The average Bonchev–Trinajstić information content (AvgIpc) is 3.05. The Morgan fingerprint density at radius 1 is 1.00 bits per heavy atom. The lowest BCUT2D eigenvalue weighted by Crippen LogP contribution is -2.02. The summed E-state index contributed by atoms with van der Waals surface area (Å²) in [5.74, 6) is -0.906. The molecule has 1 fully saturated rings. The molecule has 0 atom stereocenters. The second-order valence-corrected chi connectivity index (χ2v) is 6.33. The quantitative estimate of drug-likeness (QED) is 0.550. The van der Waals surface area contributed by atoms with Crippen molar-refractivity contribution in [2.45, 2.75) is 41.0 Å². The summed E-state index contributed by atoms with van der Waals surface area (Å²) in [5.41, 5.74) is 0. The van der Waals surface area contributed by atoms with E-state index in [-0.39, 0.29) is 12.5 Å². The molecule has 1 aliphatic heterocycles. The second kappa shape index (κ2) is 16.1. The zero-order chi connectivity index (χ0) is 17.4. The van der Waals surface area contributed by atoms with Crippen molar-refractivity contribution >= 4 is 20.3 Å². The minimum atomic E-state index is -4.41. The van der Waals surface area contributed by atoms with Gasteiger partial charge in [0.1, 0.15) is 0 Å². The van der Waals surface area contributed by atoms with Gasteiger partial charge in [-0.3, -0.25) is 0 Å². The Labute approximate surface area is 128 Å². The van der Waals surface area contributed by atoms with Crippen LogP contribution in [-0.4, -0.2) is 48.5 Å². The van der Waals surface area contributed by atoms with E-state index in [4.69, 9.17) is 4.74 Å². The Kier molecular flexibility index (Phi) is 19.7. The van der Waals surface area contributed by atoms with E-state index < -0.39 is 26.3 Å². The number of ether oxygens (including phenoxy) is 2. The smallest absolute Gasteiger partial charge is 0.326 e. The number of halogens is 1. The van der Waals surface area contributed by atoms with Crippen molar-refractivity contribution in [2.75, 3.05) is 31.7 Å². The summed E-state index contributed by atoms with van der Waals surface area (Å²) in [5, 5.41) is 0. The Morgan fingerprint density at radius 2 is 1.29 bits per heavy atom. The molecule has 7 nitrogen and oxygen atoms in total. The van der Waals surface area contributed by atoms with Crippen LogP contribution in [0.4, 0.5) is 3.89 Å². The van der Waals surface area contributed by atoms with Gasteiger partial charge in [0.25, 0.3) is 10.1 Å². The highest BCUT2D eigenvalue weighted by Gasteiger charge is 2.27. The van der Waals surface area contributed by atoms with Gasteiger partial charge in [-0.1, -0.05) is 20.3 Å². The van der Waals surface area contributed by atoms with Crippen LogP contribution in [0.15, 0.2) is 0 Å². The first-order valence-corrected chi connectivity index (χ1v) is 9.67. The van der Waals surface area contributed by atoms with Crippen molar-refractivity contribution in [3.05, 3.63) is 0 Å². The van der Waals surface area contributed by atoms with Gasteiger partial charge in [0, 0.05) is 19.8 Å². The molecule has 1 saturated heterocycles. The third-order valence-electron chi connectivity index (χ3n) is 1.15. The molecule has 1 rings (SSSR count). The van der Waals surface area contributed by atoms with Crippen LogP contribution < -0.4 is 0 Å². The molecule has 1 heterocycles. The summed E-state index contributed by atoms with van der Waals surface area (Å²) in [7, 11) is -7.33.